The Balaban J connectivity index is 3.26. The highest BCUT2D eigenvalue weighted by atomic mass is 16.4. The van der Waals surface area contributed by atoms with Crippen LogP contribution in [0.15, 0.2) is 0 Å². The average Bonchev–Trinajstić information content (AvgIpc) is 2.28. The monoisotopic (exact) mass is 214 g/mol. The van der Waals surface area contributed by atoms with Gasteiger partial charge in [-0.25, -0.2) is 0 Å². The molecular formula is C11H18O4. The molecular weight excluding hydrogens is 196 g/mol. The van der Waals surface area contributed by atoms with Gasteiger partial charge in [0.1, 0.15) is 0 Å². The molecule has 0 aromatic carbocycles. The van der Waals surface area contributed by atoms with Crippen molar-refractivity contribution in [2.45, 2.75) is 40.5 Å². The molecule has 1 aliphatic rings. The van der Waals surface area contributed by atoms with Crippen molar-refractivity contribution < 1.29 is 19.8 Å². The lowest BCUT2D eigenvalue weighted by atomic mass is 9.59. The first kappa shape index (κ1) is 12.0. The van der Waals surface area contributed by atoms with E-state index >= 15 is 0 Å². The van der Waals surface area contributed by atoms with Gasteiger partial charge in [-0.2, -0.15) is 0 Å². The maximum absolute atomic E-state index is 11.3. The molecule has 0 unspecified atom stereocenters. The van der Waals surface area contributed by atoms with Crippen molar-refractivity contribution in [1.29, 1.82) is 0 Å². The van der Waals surface area contributed by atoms with E-state index in [1.807, 2.05) is 0 Å². The standard InChI is InChI=1S/C11H18O4/c1-9(2)10(3,7(12)13)5-6-11(9,4)8(14)15/h5-6H2,1-4H3,(H,12,13)(H,14,15)/t10-,11-/m1/s1. The molecule has 1 aliphatic carbocycles. The van der Waals surface area contributed by atoms with Gasteiger partial charge in [-0.1, -0.05) is 13.8 Å². The molecule has 0 amide bonds. The molecule has 15 heavy (non-hydrogen) atoms. The predicted octanol–water partition coefficient (Wildman–Crippen LogP) is 1.99. The van der Waals surface area contributed by atoms with Crippen LogP contribution in [0.3, 0.4) is 0 Å². The lowest BCUT2D eigenvalue weighted by Crippen LogP contribution is -2.48. The summed E-state index contributed by atoms with van der Waals surface area (Å²) in [4.78, 5) is 22.5. The summed E-state index contributed by atoms with van der Waals surface area (Å²) in [6.07, 6.45) is 0.830. The highest BCUT2D eigenvalue weighted by Gasteiger charge is 2.65. The molecule has 0 saturated heterocycles. The molecule has 1 fully saturated rings. The van der Waals surface area contributed by atoms with Gasteiger partial charge in [0, 0.05) is 0 Å². The van der Waals surface area contributed by atoms with Crippen LogP contribution >= 0.6 is 0 Å². The third-order valence-corrected chi connectivity index (χ3v) is 4.83. The zero-order valence-electron chi connectivity index (χ0n) is 9.63. The summed E-state index contributed by atoms with van der Waals surface area (Å²) in [5.74, 6) is -1.81. The fraction of sp³-hybridized carbons (Fsp3) is 0.818. The van der Waals surface area contributed by atoms with Crippen LogP contribution in [0.5, 0.6) is 0 Å². The van der Waals surface area contributed by atoms with Crippen LogP contribution in [0.2, 0.25) is 0 Å². The topological polar surface area (TPSA) is 74.6 Å². The minimum absolute atomic E-state index is 0.415. The van der Waals surface area contributed by atoms with Gasteiger partial charge in [-0.15, -0.1) is 0 Å². The van der Waals surface area contributed by atoms with E-state index in [2.05, 4.69) is 0 Å². The van der Waals surface area contributed by atoms with Crippen LogP contribution in [0.1, 0.15) is 40.5 Å². The van der Waals surface area contributed by atoms with E-state index in [4.69, 9.17) is 0 Å². The van der Waals surface area contributed by atoms with Gasteiger partial charge < -0.3 is 10.2 Å². The van der Waals surface area contributed by atoms with Crippen LogP contribution in [0.4, 0.5) is 0 Å². The largest absolute Gasteiger partial charge is 0.481 e. The first-order valence-corrected chi connectivity index (χ1v) is 5.06. The van der Waals surface area contributed by atoms with E-state index < -0.39 is 28.2 Å². The number of aliphatic carboxylic acids is 2. The Kier molecular flexibility index (Phi) is 2.38. The molecule has 1 rings (SSSR count). The highest BCUT2D eigenvalue weighted by Crippen LogP contribution is 2.62. The second kappa shape index (κ2) is 2.97. The molecule has 0 bridgehead atoms. The van der Waals surface area contributed by atoms with Crippen LogP contribution < -0.4 is 0 Å². The third kappa shape index (κ3) is 1.20. The molecule has 0 aliphatic heterocycles. The van der Waals surface area contributed by atoms with Crippen molar-refractivity contribution in [3.05, 3.63) is 0 Å². The van der Waals surface area contributed by atoms with E-state index in [0.29, 0.717) is 12.8 Å². The zero-order chi connectivity index (χ0) is 12.1. The molecule has 2 N–H and O–H groups in total. The molecule has 0 aromatic rings. The van der Waals surface area contributed by atoms with E-state index in [-0.39, 0.29) is 0 Å². The van der Waals surface area contributed by atoms with Crippen LogP contribution in [0.25, 0.3) is 0 Å². The predicted molar refractivity (Wildman–Crippen MR) is 54.5 cm³/mol. The van der Waals surface area contributed by atoms with Crippen LogP contribution in [-0.2, 0) is 9.59 Å². The first-order valence-electron chi connectivity index (χ1n) is 5.06. The van der Waals surface area contributed by atoms with E-state index in [1.54, 1.807) is 27.7 Å². The van der Waals surface area contributed by atoms with Gasteiger partial charge in [0.2, 0.25) is 0 Å². The van der Waals surface area contributed by atoms with Gasteiger partial charge in [-0.3, -0.25) is 9.59 Å². The van der Waals surface area contributed by atoms with Crippen LogP contribution in [0, 0.1) is 16.2 Å². The third-order valence-electron chi connectivity index (χ3n) is 4.83. The van der Waals surface area contributed by atoms with Crippen molar-refractivity contribution >= 4 is 11.9 Å². The Labute approximate surface area is 89.3 Å². The van der Waals surface area contributed by atoms with Crippen molar-refractivity contribution in [3.63, 3.8) is 0 Å². The zero-order valence-corrected chi connectivity index (χ0v) is 9.63. The van der Waals surface area contributed by atoms with Gasteiger partial charge in [0.15, 0.2) is 0 Å². The Hall–Kier alpha value is -1.06. The minimum Gasteiger partial charge on any atom is -0.481 e. The summed E-state index contributed by atoms with van der Waals surface area (Å²) in [7, 11) is 0. The summed E-state index contributed by atoms with van der Waals surface area (Å²) in [5, 5.41) is 18.5. The Morgan fingerprint density at radius 1 is 0.867 bits per heavy atom. The number of carboxylic acid groups (broad SMARTS) is 2. The smallest absolute Gasteiger partial charge is 0.309 e. The fourth-order valence-corrected chi connectivity index (χ4v) is 2.48. The molecule has 0 aromatic heterocycles. The molecule has 4 nitrogen and oxygen atoms in total. The van der Waals surface area contributed by atoms with E-state index in [0.717, 1.165) is 0 Å². The first-order chi connectivity index (χ1) is 6.59. The number of rotatable bonds is 2. The lowest BCUT2D eigenvalue weighted by molar-refractivity contribution is -0.164. The van der Waals surface area contributed by atoms with Gasteiger partial charge in [0.25, 0.3) is 0 Å². The number of carbonyl (C=O) groups is 2. The number of hydrogen-bond acceptors (Lipinski definition) is 2. The van der Waals surface area contributed by atoms with E-state index in [9.17, 15) is 19.8 Å². The number of hydrogen-bond donors (Lipinski definition) is 2. The van der Waals surface area contributed by atoms with Gasteiger partial charge in [-0.05, 0) is 32.1 Å². The molecule has 0 radical (unpaired) electrons. The van der Waals surface area contributed by atoms with E-state index in [1.165, 1.54) is 0 Å². The Morgan fingerprint density at radius 3 is 1.27 bits per heavy atom. The molecule has 0 spiro atoms. The summed E-state index contributed by atoms with van der Waals surface area (Å²) in [6, 6.07) is 0. The molecule has 2 atom stereocenters. The highest BCUT2D eigenvalue weighted by molar-refractivity contribution is 5.82. The molecule has 1 saturated carbocycles. The van der Waals surface area contributed by atoms with Crippen molar-refractivity contribution in [3.8, 4) is 0 Å². The summed E-state index contributed by atoms with van der Waals surface area (Å²) < 4.78 is 0. The van der Waals surface area contributed by atoms with Crippen molar-refractivity contribution in [2.24, 2.45) is 16.2 Å². The van der Waals surface area contributed by atoms with Crippen molar-refractivity contribution in [2.75, 3.05) is 0 Å². The molecule has 0 heterocycles. The summed E-state index contributed by atoms with van der Waals surface area (Å²) >= 11 is 0. The SMILES string of the molecule is CC1(C)[C@@](C)(C(=O)O)CC[C@]1(C)C(=O)O. The Bertz CT molecular complexity index is 291. The number of carboxylic acids is 2. The fourth-order valence-electron chi connectivity index (χ4n) is 2.48. The maximum atomic E-state index is 11.3. The summed E-state index contributed by atoms with van der Waals surface area (Å²) in [5.41, 5.74) is -2.67. The maximum Gasteiger partial charge on any atom is 0.309 e. The Morgan fingerprint density at radius 2 is 1.13 bits per heavy atom. The van der Waals surface area contributed by atoms with Gasteiger partial charge in [0.05, 0.1) is 10.8 Å². The quantitative estimate of drug-likeness (QED) is 0.737. The lowest BCUT2D eigenvalue weighted by Gasteiger charge is -2.42. The second-order valence-corrected chi connectivity index (χ2v) is 5.40. The molecule has 4 heteroatoms. The molecule has 86 valence electrons. The average molecular weight is 214 g/mol. The second-order valence-electron chi connectivity index (χ2n) is 5.40. The minimum atomic E-state index is -0.958. The summed E-state index contributed by atoms with van der Waals surface area (Å²) in [6.45, 7) is 6.76. The van der Waals surface area contributed by atoms with Crippen molar-refractivity contribution in [1.82, 2.24) is 0 Å². The van der Waals surface area contributed by atoms with Crippen LogP contribution in [-0.4, -0.2) is 22.2 Å². The normalized spacial score (nSPS) is 38.9. The van der Waals surface area contributed by atoms with Gasteiger partial charge >= 0.3 is 11.9 Å².